The first-order valence-corrected chi connectivity index (χ1v) is 10.3. The average Bonchev–Trinajstić information content (AvgIpc) is 2.88. The van der Waals surface area contributed by atoms with Crippen LogP contribution < -0.4 is 0 Å². The molecule has 2 aliphatic rings. The van der Waals surface area contributed by atoms with Crippen molar-refractivity contribution in [2.45, 2.75) is 102 Å². The first-order chi connectivity index (χ1) is 13.1. The fraction of sp³-hybridized carbons (Fsp3) is 0.800. The van der Waals surface area contributed by atoms with Crippen molar-refractivity contribution in [3.63, 3.8) is 0 Å². The van der Waals surface area contributed by atoms with E-state index < -0.39 is 29.9 Å². The van der Waals surface area contributed by atoms with Gasteiger partial charge in [-0.3, -0.25) is 14.4 Å². The molecule has 7 nitrogen and oxygen atoms in total. The van der Waals surface area contributed by atoms with E-state index in [1.807, 2.05) is 0 Å². The predicted octanol–water partition coefficient (Wildman–Crippen LogP) is 3.59. The van der Waals surface area contributed by atoms with E-state index in [9.17, 15) is 19.2 Å². The molecule has 0 aromatic carbocycles. The predicted molar refractivity (Wildman–Crippen MR) is 97.1 cm³/mol. The Labute approximate surface area is 160 Å². The molecule has 2 saturated heterocycles. The van der Waals surface area contributed by atoms with Crippen LogP contribution in [0.4, 0.5) is 0 Å². The molecular formula is C20H31NO6. The zero-order valence-corrected chi connectivity index (χ0v) is 16.1. The van der Waals surface area contributed by atoms with Crippen LogP contribution >= 0.6 is 0 Å². The minimum Gasteiger partial charge on any atom is -0.452 e. The molecule has 0 saturated carbocycles. The molecule has 0 aromatic heterocycles. The summed E-state index contributed by atoms with van der Waals surface area (Å²) in [7, 11) is 0. The number of hydrogen-bond donors (Lipinski definition) is 0. The van der Waals surface area contributed by atoms with Crippen LogP contribution in [-0.4, -0.2) is 34.9 Å². The van der Waals surface area contributed by atoms with Gasteiger partial charge in [0.05, 0.1) is 6.42 Å². The second-order valence-electron chi connectivity index (χ2n) is 7.41. The molecule has 0 N–H and O–H groups in total. The average molecular weight is 381 g/mol. The number of amides is 2. The Hall–Kier alpha value is -1.92. The molecule has 2 amide bonds. The van der Waals surface area contributed by atoms with Gasteiger partial charge in [-0.25, -0.2) is 4.79 Å². The number of carbonyl (C=O) groups is 4. The summed E-state index contributed by atoms with van der Waals surface area (Å²) in [6.45, 7) is 0. The number of rotatable bonds is 0. The van der Waals surface area contributed by atoms with Crippen molar-refractivity contribution >= 4 is 23.8 Å². The molecule has 2 rings (SSSR count). The summed E-state index contributed by atoms with van der Waals surface area (Å²) in [4.78, 5) is 52.7. The van der Waals surface area contributed by atoms with Gasteiger partial charge < -0.3 is 9.57 Å². The van der Waals surface area contributed by atoms with Gasteiger partial charge in [0.2, 0.25) is 0 Å². The number of ether oxygens (including phenoxy) is 1. The van der Waals surface area contributed by atoms with Crippen LogP contribution in [0.25, 0.3) is 0 Å². The third-order valence-electron chi connectivity index (χ3n) is 5.04. The molecule has 152 valence electrons. The van der Waals surface area contributed by atoms with Crippen LogP contribution in [0, 0.1) is 0 Å². The number of hydrogen-bond acceptors (Lipinski definition) is 6. The molecule has 1 atom stereocenters. The lowest BCUT2D eigenvalue weighted by Crippen LogP contribution is -2.35. The van der Waals surface area contributed by atoms with E-state index in [1.54, 1.807) is 0 Å². The lowest BCUT2D eigenvalue weighted by atomic mass is 10.0. The van der Waals surface area contributed by atoms with Crippen LogP contribution in [-0.2, 0) is 28.8 Å². The molecule has 0 aromatic rings. The maximum atomic E-state index is 12.2. The van der Waals surface area contributed by atoms with Crippen LogP contribution in [0.1, 0.15) is 96.3 Å². The van der Waals surface area contributed by atoms with Crippen molar-refractivity contribution in [1.82, 2.24) is 5.06 Å². The monoisotopic (exact) mass is 381 g/mol. The summed E-state index contributed by atoms with van der Waals surface area (Å²) in [6.07, 6.45) is 11.7. The van der Waals surface area contributed by atoms with Gasteiger partial charge in [-0.2, -0.15) is 0 Å². The standard InChI is InChI=1S/C20H31NO6/c22-17-15-16-20(25)21(17)27-19(24)14-12-10-8-6-4-2-1-3-5-7-9-11-13-18(23)26-16/h16H,1-15H2. The second-order valence-corrected chi connectivity index (χ2v) is 7.41. The zero-order valence-electron chi connectivity index (χ0n) is 16.1. The van der Waals surface area contributed by atoms with E-state index in [0.717, 1.165) is 25.7 Å². The molecule has 2 heterocycles. The van der Waals surface area contributed by atoms with Gasteiger partial charge in [0.15, 0.2) is 6.10 Å². The molecule has 2 bridgehead atoms. The minimum atomic E-state index is -1.17. The Bertz CT molecular complexity index is 533. The summed E-state index contributed by atoms with van der Waals surface area (Å²) in [5.74, 6) is -2.50. The highest BCUT2D eigenvalue weighted by Crippen LogP contribution is 2.19. The Morgan fingerprint density at radius 3 is 1.59 bits per heavy atom. The Morgan fingerprint density at radius 1 is 0.630 bits per heavy atom. The molecule has 7 heteroatoms. The molecule has 2 aliphatic heterocycles. The maximum absolute atomic E-state index is 12.2. The van der Waals surface area contributed by atoms with Crippen molar-refractivity contribution in [3.05, 3.63) is 0 Å². The fourth-order valence-corrected chi connectivity index (χ4v) is 3.44. The number of hydroxylamine groups is 2. The van der Waals surface area contributed by atoms with Gasteiger partial charge in [-0.05, 0) is 12.8 Å². The largest absolute Gasteiger partial charge is 0.452 e. The summed E-state index contributed by atoms with van der Waals surface area (Å²) < 4.78 is 5.12. The van der Waals surface area contributed by atoms with Crippen molar-refractivity contribution in [2.75, 3.05) is 0 Å². The van der Waals surface area contributed by atoms with Gasteiger partial charge >= 0.3 is 17.8 Å². The number of imide groups is 1. The third kappa shape index (κ3) is 7.69. The van der Waals surface area contributed by atoms with Crippen LogP contribution in [0.3, 0.4) is 0 Å². The first-order valence-electron chi connectivity index (χ1n) is 10.3. The molecule has 0 spiro atoms. The number of esters is 1. The lowest BCUT2D eigenvalue weighted by Gasteiger charge is -2.14. The minimum absolute atomic E-state index is 0.168. The second kappa shape index (κ2) is 11.7. The van der Waals surface area contributed by atoms with Crippen LogP contribution in [0.5, 0.6) is 0 Å². The number of fused-ring (bicyclic) bond motifs is 2. The zero-order chi connectivity index (χ0) is 19.5. The molecule has 2 fully saturated rings. The topological polar surface area (TPSA) is 90.0 Å². The number of nitrogens with zero attached hydrogens (tertiary/aromatic N) is 1. The Kier molecular flexibility index (Phi) is 9.28. The summed E-state index contributed by atoms with van der Waals surface area (Å²) in [6, 6.07) is 0. The molecule has 0 radical (unpaired) electrons. The van der Waals surface area contributed by atoms with E-state index in [-0.39, 0.29) is 19.3 Å². The highest BCUT2D eigenvalue weighted by atomic mass is 16.7. The normalized spacial score (nSPS) is 25.5. The van der Waals surface area contributed by atoms with Gasteiger partial charge in [0, 0.05) is 12.8 Å². The summed E-state index contributed by atoms with van der Waals surface area (Å²) in [5, 5.41) is 0.461. The maximum Gasteiger partial charge on any atom is 0.333 e. The van der Waals surface area contributed by atoms with Gasteiger partial charge in [-0.1, -0.05) is 69.3 Å². The molecule has 1 unspecified atom stereocenters. The number of carbonyl (C=O) groups excluding carboxylic acids is 4. The van der Waals surface area contributed by atoms with E-state index >= 15 is 0 Å². The van der Waals surface area contributed by atoms with Crippen LogP contribution in [0.15, 0.2) is 0 Å². The quantitative estimate of drug-likeness (QED) is 0.470. The van der Waals surface area contributed by atoms with Crippen molar-refractivity contribution in [2.24, 2.45) is 0 Å². The van der Waals surface area contributed by atoms with Crippen molar-refractivity contribution in [3.8, 4) is 0 Å². The highest BCUT2D eigenvalue weighted by Gasteiger charge is 2.44. The first kappa shape index (κ1) is 21.4. The Balaban J connectivity index is 1.85. The molecule has 0 aliphatic carbocycles. The van der Waals surface area contributed by atoms with Gasteiger partial charge in [0.1, 0.15) is 0 Å². The van der Waals surface area contributed by atoms with Gasteiger partial charge in [-0.15, -0.1) is 0 Å². The van der Waals surface area contributed by atoms with Crippen LogP contribution in [0.2, 0.25) is 0 Å². The smallest absolute Gasteiger partial charge is 0.333 e. The van der Waals surface area contributed by atoms with E-state index in [0.29, 0.717) is 17.9 Å². The third-order valence-corrected chi connectivity index (χ3v) is 5.04. The Morgan fingerprint density at radius 2 is 1.07 bits per heavy atom. The highest BCUT2D eigenvalue weighted by molar-refractivity contribution is 6.05. The summed E-state index contributed by atoms with van der Waals surface area (Å²) in [5.41, 5.74) is 0. The lowest BCUT2D eigenvalue weighted by molar-refractivity contribution is -0.199. The van der Waals surface area contributed by atoms with Crippen molar-refractivity contribution in [1.29, 1.82) is 0 Å². The van der Waals surface area contributed by atoms with Gasteiger partial charge in [0.25, 0.3) is 5.91 Å². The van der Waals surface area contributed by atoms with Crippen molar-refractivity contribution < 1.29 is 28.8 Å². The molecule has 27 heavy (non-hydrogen) atoms. The summed E-state index contributed by atoms with van der Waals surface area (Å²) >= 11 is 0. The fourth-order valence-electron chi connectivity index (χ4n) is 3.44. The molecular weight excluding hydrogens is 350 g/mol. The SMILES string of the molecule is O=C1CCCCCCCCCCCCCCC(=O)ON2C(=O)CC(O1)C2=O. The van der Waals surface area contributed by atoms with E-state index in [4.69, 9.17) is 9.57 Å². The van der Waals surface area contributed by atoms with E-state index in [2.05, 4.69) is 0 Å². The van der Waals surface area contributed by atoms with E-state index in [1.165, 1.54) is 38.5 Å².